The van der Waals surface area contributed by atoms with E-state index in [1.807, 2.05) is 0 Å². The zero-order valence-corrected chi connectivity index (χ0v) is 17.8. The van der Waals surface area contributed by atoms with Crippen molar-refractivity contribution in [2.75, 3.05) is 19.8 Å². The molecule has 33 heavy (non-hydrogen) atoms. The van der Waals surface area contributed by atoms with Gasteiger partial charge in [0, 0.05) is 6.42 Å². The Balaban J connectivity index is 1.71. The second-order valence-electron chi connectivity index (χ2n) is 8.50. The highest BCUT2D eigenvalue weighted by atomic mass is 16.7. The number of ether oxygens (including phenoxy) is 5. The molecule has 194 valence electrons. The maximum atomic E-state index is 10.8. The van der Waals surface area contributed by atoms with Crippen molar-refractivity contribution in [1.82, 2.24) is 0 Å². The van der Waals surface area contributed by atoms with E-state index in [1.54, 1.807) is 0 Å². The van der Waals surface area contributed by atoms with E-state index >= 15 is 0 Å². The van der Waals surface area contributed by atoms with E-state index in [2.05, 4.69) is 0 Å². The van der Waals surface area contributed by atoms with E-state index in [-0.39, 0.29) is 13.0 Å². The third-order valence-corrected chi connectivity index (χ3v) is 6.20. The van der Waals surface area contributed by atoms with Gasteiger partial charge in [-0.1, -0.05) is 0 Å². The van der Waals surface area contributed by atoms with E-state index in [1.165, 1.54) is 0 Å². The van der Waals surface area contributed by atoms with Gasteiger partial charge < -0.3 is 76.6 Å². The Bertz CT molecular complexity index is 618. The molecule has 3 aliphatic heterocycles. The number of aliphatic hydroxyl groups excluding tert-OH is 7. The Hall–Kier alpha value is -0.600. The Morgan fingerprint density at radius 3 is 1.73 bits per heavy atom. The van der Waals surface area contributed by atoms with E-state index < -0.39 is 99.0 Å². The zero-order valence-electron chi connectivity index (χ0n) is 17.8. The van der Waals surface area contributed by atoms with Crippen molar-refractivity contribution in [3.63, 3.8) is 0 Å². The lowest BCUT2D eigenvalue weighted by atomic mass is 9.95. The molecular formula is C18H35N3O12. The van der Waals surface area contributed by atoms with Crippen molar-refractivity contribution < 1.29 is 59.4 Å². The Morgan fingerprint density at radius 1 is 0.667 bits per heavy atom. The van der Waals surface area contributed by atoms with Crippen LogP contribution in [-0.4, -0.2) is 141 Å². The van der Waals surface area contributed by atoms with E-state index in [0.717, 1.165) is 0 Å². The molecule has 0 saturated carbocycles. The molecule has 3 rings (SSSR count). The Labute approximate surface area is 189 Å². The molecule has 3 saturated heterocycles. The molecule has 3 fully saturated rings. The fourth-order valence-electron chi connectivity index (χ4n) is 4.14. The normalized spacial score (nSPS) is 51.5. The summed E-state index contributed by atoms with van der Waals surface area (Å²) in [7, 11) is 0. The number of nitrogens with two attached hydrogens (primary N) is 3. The first-order valence-electron chi connectivity index (χ1n) is 10.7. The van der Waals surface area contributed by atoms with Crippen molar-refractivity contribution in [3.8, 4) is 0 Å². The van der Waals surface area contributed by atoms with E-state index in [0.29, 0.717) is 0 Å². The molecule has 14 atom stereocenters. The largest absolute Gasteiger partial charge is 0.394 e. The minimum absolute atomic E-state index is 0.0920. The number of rotatable bonds is 7. The Morgan fingerprint density at radius 2 is 1.18 bits per heavy atom. The van der Waals surface area contributed by atoms with Crippen LogP contribution in [0.25, 0.3) is 0 Å². The van der Waals surface area contributed by atoms with E-state index in [4.69, 9.17) is 40.9 Å². The zero-order chi connectivity index (χ0) is 24.4. The topological polar surface area (TPSA) is 266 Å². The molecular weight excluding hydrogens is 450 g/mol. The fraction of sp³-hybridized carbons (Fsp3) is 1.00. The molecule has 0 bridgehead atoms. The van der Waals surface area contributed by atoms with Gasteiger partial charge in [-0.05, 0) is 0 Å². The highest BCUT2D eigenvalue weighted by Crippen LogP contribution is 2.30. The summed E-state index contributed by atoms with van der Waals surface area (Å²) in [6, 6.07) is -3.52. The minimum Gasteiger partial charge on any atom is -0.394 e. The molecule has 3 aliphatic rings. The minimum atomic E-state index is -1.54. The smallest absolute Gasteiger partial charge is 0.176 e. The van der Waals surface area contributed by atoms with Crippen molar-refractivity contribution in [3.05, 3.63) is 0 Å². The molecule has 0 amide bonds. The van der Waals surface area contributed by atoms with Gasteiger partial charge >= 0.3 is 0 Å². The van der Waals surface area contributed by atoms with Gasteiger partial charge in [-0.25, -0.2) is 0 Å². The van der Waals surface area contributed by atoms with Crippen LogP contribution in [0.1, 0.15) is 6.42 Å². The monoisotopic (exact) mass is 485 g/mol. The molecule has 6 unspecified atom stereocenters. The molecule has 0 aromatic heterocycles. The van der Waals surface area contributed by atoms with Gasteiger partial charge in [-0.3, -0.25) is 0 Å². The number of hydrogen-bond donors (Lipinski definition) is 10. The van der Waals surface area contributed by atoms with Gasteiger partial charge in [0.05, 0.1) is 50.2 Å². The standard InChI is InChI=1S/C18H35N3O12/c19-9-6(25)1-5(2-22)29-17(9)32-15-8(4-24)31-18(11(21)13(15)27)33-14-7(3-23)30-16(28)10(20)12(14)26/h5-18,22-28H,1-4,19-21H2/t5?,6-,7?,8?,9?,10?,11?,12+,13+,14+,15+,16+,17-,18-/m0/s1. The summed E-state index contributed by atoms with van der Waals surface area (Å²) in [5.41, 5.74) is 17.7. The number of aliphatic hydroxyl groups is 7. The molecule has 0 aliphatic carbocycles. The average Bonchev–Trinajstić information content (AvgIpc) is 2.80. The Kier molecular flexibility index (Phi) is 9.35. The molecule has 15 heteroatoms. The molecule has 3 heterocycles. The van der Waals surface area contributed by atoms with Crippen molar-refractivity contribution in [2.45, 2.75) is 92.2 Å². The van der Waals surface area contributed by atoms with Crippen molar-refractivity contribution >= 4 is 0 Å². The molecule has 13 N–H and O–H groups in total. The number of hydrogen-bond acceptors (Lipinski definition) is 15. The first-order valence-corrected chi connectivity index (χ1v) is 10.7. The van der Waals surface area contributed by atoms with Gasteiger partial charge in [0.15, 0.2) is 18.9 Å². The van der Waals surface area contributed by atoms with Crippen LogP contribution < -0.4 is 17.2 Å². The molecule has 0 radical (unpaired) electrons. The lowest BCUT2D eigenvalue weighted by Crippen LogP contribution is -2.68. The summed E-state index contributed by atoms with van der Waals surface area (Å²) in [5, 5.41) is 69.7. The summed E-state index contributed by atoms with van der Waals surface area (Å²) >= 11 is 0. The van der Waals surface area contributed by atoms with Crippen LogP contribution in [0.15, 0.2) is 0 Å². The van der Waals surface area contributed by atoms with Crippen LogP contribution in [0.5, 0.6) is 0 Å². The second-order valence-corrected chi connectivity index (χ2v) is 8.50. The van der Waals surface area contributed by atoms with Crippen LogP contribution in [0, 0.1) is 0 Å². The van der Waals surface area contributed by atoms with Crippen LogP contribution >= 0.6 is 0 Å². The van der Waals surface area contributed by atoms with Crippen LogP contribution in [0.4, 0.5) is 0 Å². The first-order chi connectivity index (χ1) is 15.6. The van der Waals surface area contributed by atoms with E-state index in [9.17, 15) is 35.7 Å². The van der Waals surface area contributed by atoms with Crippen LogP contribution in [0.2, 0.25) is 0 Å². The summed E-state index contributed by atoms with van der Waals surface area (Å²) in [4.78, 5) is 0. The van der Waals surface area contributed by atoms with Gasteiger partial charge in [0.25, 0.3) is 0 Å². The second kappa shape index (κ2) is 11.4. The third kappa shape index (κ3) is 5.64. The molecule has 0 spiro atoms. The van der Waals surface area contributed by atoms with Crippen LogP contribution in [-0.2, 0) is 23.7 Å². The highest BCUT2D eigenvalue weighted by Gasteiger charge is 2.51. The third-order valence-electron chi connectivity index (χ3n) is 6.20. The quantitative estimate of drug-likeness (QED) is 0.160. The predicted molar refractivity (Wildman–Crippen MR) is 106 cm³/mol. The van der Waals surface area contributed by atoms with Gasteiger partial charge in [0.1, 0.15) is 36.6 Å². The highest BCUT2D eigenvalue weighted by molar-refractivity contribution is 4.97. The van der Waals surface area contributed by atoms with Gasteiger partial charge in [0.2, 0.25) is 0 Å². The van der Waals surface area contributed by atoms with Gasteiger partial charge in [-0.15, -0.1) is 0 Å². The average molecular weight is 485 g/mol. The lowest BCUT2D eigenvalue weighted by molar-refractivity contribution is -0.343. The molecule has 15 nitrogen and oxygen atoms in total. The summed E-state index contributed by atoms with van der Waals surface area (Å²) in [5.74, 6) is 0. The van der Waals surface area contributed by atoms with Crippen LogP contribution in [0.3, 0.4) is 0 Å². The van der Waals surface area contributed by atoms with Gasteiger partial charge in [-0.2, -0.15) is 0 Å². The molecule has 0 aromatic carbocycles. The summed E-state index contributed by atoms with van der Waals surface area (Å²) in [6.45, 7) is -1.66. The fourth-order valence-corrected chi connectivity index (χ4v) is 4.14. The maximum Gasteiger partial charge on any atom is 0.176 e. The van der Waals surface area contributed by atoms with Crippen molar-refractivity contribution in [2.24, 2.45) is 17.2 Å². The maximum absolute atomic E-state index is 10.8. The first kappa shape index (κ1) is 27.0. The lowest BCUT2D eigenvalue weighted by Gasteiger charge is -2.48. The predicted octanol–water partition coefficient (Wildman–Crippen LogP) is -6.64. The molecule has 0 aromatic rings. The SMILES string of the molecule is NC1[C@H](O[C@@H]2C(CO)O[C@@H](O)C(N)[C@H]2O)OC(CO)[C@@H](O[C@@H]2OC(CO)C[C@H](O)C2N)[C@@H]1O. The summed E-state index contributed by atoms with van der Waals surface area (Å²) < 4.78 is 27.7. The van der Waals surface area contributed by atoms with Crippen molar-refractivity contribution in [1.29, 1.82) is 0 Å². The summed E-state index contributed by atoms with van der Waals surface area (Å²) in [6.07, 6.45) is -13.7.